The first-order chi connectivity index (χ1) is 11.6. The normalized spacial score (nSPS) is 10.5. The van der Waals surface area contributed by atoms with Gasteiger partial charge in [-0.05, 0) is 24.3 Å². The Hall–Kier alpha value is -3.36. The van der Waals surface area contributed by atoms with Crippen molar-refractivity contribution in [3.05, 3.63) is 36.0 Å². The van der Waals surface area contributed by atoms with Crippen molar-refractivity contribution >= 4 is 11.9 Å². The Morgan fingerprint density at radius 3 is 2.62 bits per heavy atom. The summed E-state index contributed by atoms with van der Waals surface area (Å²) in [5.41, 5.74) is 0.891. The molecule has 9 heteroatoms. The van der Waals surface area contributed by atoms with Crippen molar-refractivity contribution in [1.82, 2.24) is 20.0 Å². The predicted octanol–water partition coefficient (Wildman–Crippen LogP) is 1.74. The minimum Gasteiger partial charge on any atom is -0.493 e. The number of ether oxygens (including phenoxy) is 2. The average molecular weight is 329 g/mol. The van der Waals surface area contributed by atoms with Crippen molar-refractivity contribution in [1.29, 1.82) is 0 Å². The van der Waals surface area contributed by atoms with Crippen LogP contribution < -0.4 is 14.8 Å². The first-order valence-corrected chi connectivity index (χ1v) is 6.97. The molecule has 0 aliphatic heterocycles. The van der Waals surface area contributed by atoms with Crippen LogP contribution in [0.1, 0.15) is 10.4 Å². The molecular weight excluding hydrogens is 314 g/mol. The van der Waals surface area contributed by atoms with E-state index in [1.165, 1.54) is 14.2 Å². The molecule has 24 heavy (non-hydrogen) atoms. The second-order valence-electron chi connectivity index (χ2n) is 4.81. The standard InChI is InChI=1S/C15H15N5O4/c1-20-7-6-10(19-20)14-17-18-15(24-14)16-13(21)9-4-5-11(22-2)12(8-9)23-3/h4-8H,1-3H3,(H,16,18,21). The minimum absolute atomic E-state index is 0.0181. The van der Waals surface area contributed by atoms with Gasteiger partial charge in [0.1, 0.15) is 5.69 Å². The number of methoxy groups -OCH3 is 2. The number of rotatable bonds is 5. The fraction of sp³-hybridized carbons (Fsp3) is 0.200. The molecule has 1 aromatic carbocycles. The monoisotopic (exact) mass is 329 g/mol. The lowest BCUT2D eigenvalue weighted by Gasteiger charge is -2.08. The summed E-state index contributed by atoms with van der Waals surface area (Å²) in [6.07, 6.45) is 1.75. The van der Waals surface area contributed by atoms with Crippen LogP contribution in [0.5, 0.6) is 11.5 Å². The van der Waals surface area contributed by atoms with Crippen molar-refractivity contribution < 1.29 is 18.7 Å². The second kappa shape index (κ2) is 6.41. The number of aromatic nitrogens is 4. The molecule has 124 valence electrons. The highest BCUT2D eigenvalue weighted by molar-refractivity contribution is 6.03. The van der Waals surface area contributed by atoms with Crippen LogP contribution in [-0.2, 0) is 7.05 Å². The third-order valence-corrected chi connectivity index (χ3v) is 3.22. The molecule has 2 aromatic heterocycles. The summed E-state index contributed by atoms with van der Waals surface area (Å²) in [4.78, 5) is 12.3. The maximum atomic E-state index is 12.3. The van der Waals surface area contributed by atoms with E-state index in [2.05, 4.69) is 20.6 Å². The Balaban J connectivity index is 1.77. The molecule has 0 radical (unpaired) electrons. The third-order valence-electron chi connectivity index (χ3n) is 3.22. The van der Waals surface area contributed by atoms with Gasteiger partial charge in [0, 0.05) is 18.8 Å². The number of amides is 1. The van der Waals surface area contributed by atoms with Crippen LogP contribution in [0.15, 0.2) is 34.9 Å². The van der Waals surface area contributed by atoms with Gasteiger partial charge < -0.3 is 13.9 Å². The number of hydrogen-bond donors (Lipinski definition) is 1. The van der Waals surface area contributed by atoms with Gasteiger partial charge in [-0.15, -0.1) is 5.10 Å². The van der Waals surface area contributed by atoms with Crippen molar-refractivity contribution in [2.45, 2.75) is 0 Å². The van der Waals surface area contributed by atoms with Crippen LogP contribution in [0.2, 0.25) is 0 Å². The molecule has 9 nitrogen and oxygen atoms in total. The largest absolute Gasteiger partial charge is 0.493 e. The van der Waals surface area contributed by atoms with Gasteiger partial charge in [-0.25, -0.2) is 0 Å². The maximum absolute atomic E-state index is 12.3. The lowest BCUT2D eigenvalue weighted by Crippen LogP contribution is -2.12. The molecule has 0 unspecified atom stereocenters. The second-order valence-corrected chi connectivity index (χ2v) is 4.81. The molecule has 0 aliphatic rings. The molecule has 1 N–H and O–H groups in total. The van der Waals surface area contributed by atoms with E-state index in [4.69, 9.17) is 13.9 Å². The van der Waals surface area contributed by atoms with Crippen LogP contribution in [0, 0.1) is 0 Å². The Bertz CT molecular complexity index is 870. The lowest BCUT2D eigenvalue weighted by atomic mass is 10.2. The highest BCUT2D eigenvalue weighted by Crippen LogP contribution is 2.28. The first-order valence-electron chi connectivity index (χ1n) is 6.97. The number of nitrogens with zero attached hydrogens (tertiary/aromatic N) is 4. The summed E-state index contributed by atoms with van der Waals surface area (Å²) in [6.45, 7) is 0. The van der Waals surface area contributed by atoms with Gasteiger partial charge in [0.05, 0.1) is 14.2 Å². The number of hydrogen-bond acceptors (Lipinski definition) is 7. The van der Waals surface area contributed by atoms with Crippen LogP contribution in [0.3, 0.4) is 0 Å². The molecule has 2 heterocycles. The topological polar surface area (TPSA) is 104 Å². The number of anilines is 1. The first kappa shape index (κ1) is 15.5. The molecule has 0 aliphatic carbocycles. The number of benzene rings is 1. The van der Waals surface area contributed by atoms with E-state index >= 15 is 0 Å². The molecular formula is C15H15N5O4. The van der Waals surface area contributed by atoms with Gasteiger partial charge >= 0.3 is 6.01 Å². The summed E-state index contributed by atoms with van der Waals surface area (Å²) in [7, 11) is 4.80. The summed E-state index contributed by atoms with van der Waals surface area (Å²) in [5, 5.41) is 14.3. The van der Waals surface area contributed by atoms with Crippen molar-refractivity contribution in [2.24, 2.45) is 7.05 Å². The molecule has 3 rings (SSSR count). The quantitative estimate of drug-likeness (QED) is 0.760. The highest BCUT2D eigenvalue weighted by Gasteiger charge is 2.15. The molecule has 0 spiro atoms. The van der Waals surface area contributed by atoms with Crippen LogP contribution >= 0.6 is 0 Å². The van der Waals surface area contributed by atoms with Crippen molar-refractivity contribution in [3.63, 3.8) is 0 Å². The van der Waals surface area contributed by atoms with Crippen LogP contribution in [0.4, 0.5) is 6.01 Å². The van der Waals surface area contributed by atoms with E-state index in [0.29, 0.717) is 22.8 Å². The lowest BCUT2D eigenvalue weighted by molar-refractivity contribution is 0.102. The van der Waals surface area contributed by atoms with Crippen LogP contribution in [0.25, 0.3) is 11.6 Å². The van der Waals surface area contributed by atoms with E-state index in [0.717, 1.165) is 0 Å². The zero-order chi connectivity index (χ0) is 17.1. The summed E-state index contributed by atoms with van der Waals surface area (Å²) in [6, 6.07) is 6.51. The van der Waals surface area contributed by atoms with E-state index in [9.17, 15) is 4.79 Å². The fourth-order valence-electron chi connectivity index (χ4n) is 2.05. The van der Waals surface area contributed by atoms with Gasteiger partial charge in [0.15, 0.2) is 11.5 Å². The van der Waals surface area contributed by atoms with Gasteiger partial charge in [0.2, 0.25) is 0 Å². The molecule has 0 saturated heterocycles. The van der Waals surface area contributed by atoms with Crippen LogP contribution in [-0.4, -0.2) is 40.1 Å². The molecule has 0 bridgehead atoms. The number of aryl methyl sites for hydroxylation is 1. The van der Waals surface area contributed by atoms with E-state index in [1.54, 1.807) is 42.2 Å². The Morgan fingerprint density at radius 2 is 1.96 bits per heavy atom. The summed E-state index contributed by atoms with van der Waals surface area (Å²) >= 11 is 0. The molecule has 3 aromatic rings. The van der Waals surface area contributed by atoms with E-state index < -0.39 is 5.91 Å². The van der Waals surface area contributed by atoms with Gasteiger partial charge in [-0.2, -0.15) is 5.10 Å². The number of carbonyl (C=O) groups is 1. The minimum atomic E-state index is -0.410. The third kappa shape index (κ3) is 3.05. The molecule has 0 fully saturated rings. The Labute approximate surface area is 137 Å². The van der Waals surface area contributed by atoms with Gasteiger partial charge in [-0.1, -0.05) is 5.10 Å². The smallest absolute Gasteiger partial charge is 0.322 e. The highest BCUT2D eigenvalue weighted by atomic mass is 16.5. The molecule has 1 amide bonds. The number of carbonyl (C=O) groups excluding carboxylic acids is 1. The zero-order valence-corrected chi connectivity index (χ0v) is 13.3. The van der Waals surface area contributed by atoms with Crippen molar-refractivity contribution in [3.8, 4) is 23.1 Å². The summed E-state index contributed by atoms with van der Waals surface area (Å²) < 4.78 is 17.3. The average Bonchev–Trinajstić information content (AvgIpc) is 3.23. The fourth-order valence-corrected chi connectivity index (χ4v) is 2.05. The summed E-state index contributed by atoms with van der Waals surface area (Å²) in [5.74, 6) is 0.791. The molecule has 0 saturated carbocycles. The Morgan fingerprint density at radius 1 is 1.17 bits per heavy atom. The van der Waals surface area contributed by atoms with Crippen molar-refractivity contribution in [2.75, 3.05) is 19.5 Å². The Kier molecular flexibility index (Phi) is 4.15. The zero-order valence-electron chi connectivity index (χ0n) is 13.3. The SMILES string of the molecule is COc1ccc(C(=O)Nc2nnc(-c3ccn(C)n3)o2)cc1OC. The van der Waals surface area contributed by atoms with Gasteiger partial charge in [0.25, 0.3) is 11.8 Å². The molecule has 0 atom stereocenters. The van der Waals surface area contributed by atoms with E-state index in [-0.39, 0.29) is 11.9 Å². The maximum Gasteiger partial charge on any atom is 0.322 e. The van der Waals surface area contributed by atoms with E-state index in [1.807, 2.05) is 0 Å². The van der Waals surface area contributed by atoms with Gasteiger partial charge in [-0.3, -0.25) is 14.8 Å². The number of nitrogens with one attached hydrogen (secondary N) is 1. The predicted molar refractivity (Wildman–Crippen MR) is 84.0 cm³/mol.